The molecule has 0 spiro atoms. The first-order valence-electron chi connectivity index (χ1n) is 4.18. The van der Waals surface area contributed by atoms with Gasteiger partial charge in [-0.1, -0.05) is 4.68 Å². The van der Waals surface area contributed by atoms with E-state index in [1.54, 1.807) is 0 Å². The molecule has 96 valence electrons. The zero-order valence-corrected chi connectivity index (χ0v) is 9.02. The molecule has 16 heavy (non-hydrogen) atoms. The third-order valence-corrected chi connectivity index (χ3v) is 1.72. The zero-order valence-electron chi connectivity index (χ0n) is 8.13. The molecule has 0 fully saturated rings. The van der Waals surface area contributed by atoms with Gasteiger partial charge in [-0.15, -0.1) is 4.68 Å². The number of halogens is 6. The van der Waals surface area contributed by atoms with Crippen molar-refractivity contribution < 1.29 is 29.9 Å². The molecule has 1 aliphatic heterocycles. The third kappa shape index (κ3) is 5.84. The molecular formula is C5H9F6N4P. The number of tetrazole rings is 1. The quantitative estimate of drug-likeness (QED) is 0.412. The van der Waals surface area contributed by atoms with Gasteiger partial charge in [0.05, 0.1) is 7.05 Å². The van der Waals surface area contributed by atoms with Crippen LogP contribution in [0.1, 0.15) is 12.2 Å². The molecule has 2 heterocycles. The van der Waals surface area contributed by atoms with Crippen LogP contribution < -0.4 is 4.68 Å². The summed E-state index contributed by atoms with van der Waals surface area (Å²) in [4.78, 5) is 0. The fourth-order valence-electron chi connectivity index (χ4n) is 1.23. The molecule has 1 aliphatic rings. The number of hydrogen-bond donors (Lipinski definition) is 0. The third-order valence-electron chi connectivity index (χ3n) is 1.72. The van der Waals surface area contributed by atoms with Crippen molar-refractivity contribution >= 4 is 7.81 Å². The predicted octanol–water partition coefficient (Wildman–Crippen LogP) is 2.43. The summed E-state index contributed by atoms with van der Waals surface area (Å²) in [5.74, 6) is 1.25. The number of fused-ring (bicyclic) bond motifs is 1. The van der Waals surface area contributed by atoms with Crippen LogP contribution in [-0.2, 0) is 20.0 Å². The summed E-state index contributed by atoms with van der Waals surface area (Å²) in [5, 5.41) is 7.79. The molecule has 4 nitrogen and oxygen atoms in total. The van der Waals surface area contributed by atoms with Gasteiger partial charge >= 0.3 is 33.0 Å². The van der Waals surface area contributed by atoms with E-state index in [1.807, 2.05) is 16.4 Å². The van der Waals surface area contributed by atoms with Crippen molar-refractivity contribution in [3.8, 4) is 0 Å². The summed E-state index contributed by atoms with van der Waals surface area (Å²) >= 11 is 0. The standard InChI is InChI=1S/C5H9N4.F6P/c1-8-5-3-2-4-9(5)7-6-8;1-7(2,3,4,5)6/h2-4H2,1H3;/q+1;-1. The average molecular weight is 270 g/mol. The number of aryl methyl sites for hydroxylation is 2. The Kier molecular flexibility index (Phi) is 2.51. The Morgan fingerprint density at radius 2 is 1.69 bits per heavy atom. The second kappa shape index (κ2) is 3.06. The summed E-state index contributed by atoms with van der Waals surface area (Å²) in [5.41, 5.74) is 0. The van der Waals surface area contributed by atoms with Crippen LogP contribution in [0.15, 0.2) is 0 Å². The van der Waals surface area contributed by atoms with Crippen LogP contribution in [-0.4, -0.2) is 15.1 Å². The van der Waals surface area contributed by atoms with Gasteiger partial charge in [0.2, 0.25) is 0 Å². The van der Waals surface area contributed by atoms with E-state index < -0.39 is 7.81 Å². The van der Waals surface area contributed by atoms with Crippen LogP contribution in [0.3, 0.4) is 0 Å². The molecule has 1 aromatic heterocycles. The molecular weight excluding hydrogens is 261 g/mol. The van der Waals surface area contributed by atoms with E-state index in [0.29, 0.717) is 0 Å². The predicted molar refractivity (Wildman–Crippen MR) is 43.1 cm³/mol. The van der Waals surface area contributed by atoms with Crippen molar-refractivity contribution in [2.45, 2.75) is 19.4 Å². The molecule has 0 bridgehead atoms. The molecule has 0 unspecified atom stereocenters. The van der Waals surface area contributed by atoms with Gasteiger partial charge in [0.15, 0.2) is 5.21 Å². The molecule has 0 radical (unpaired) electrons. The van der Waals surface area contributed by atoms with Gasteiger partial charge in [0.1, 0.15) is 11.8 Å². The Labute approximate surface area is 86.1 Å². The molecule has 0 saturated heterocycles. The first kappa shape index (κ1) is 13.1. The molecule has 0 N–H and O–H groups in total. The molecule has 0 atom stereocenters. The van der Waals surface area contributed by atoms with Crippen molar-refractivity contribution in [3.63, 3.8) is 0 Å². The molecule has 11 heteroatoms. The van der Waals surface area contributed by atoms with Crippen molar-refractivity contribution in [3.05, 3.63) is 5.82 Å². The minimum atomic E-state index is -10.7. The van der Waals surface area contributed by atoms with E-state index >= 15 is 0 Å². The Bertz CT molecular complexity index is 382. The van der Waals surface area contributed by atoms with Gasteiger partial charge in [-0.25, -0.2) is 0 Å². The van der Waals surface area contributed by atoms with E-state index in [2.05, 4.69) is 10.4 Å². The first-order valence-corrected chi connectivity index (χ1v) is 6.21. The summed E-state index contributed by atoms with van der Waals surface area (Å²) < 4.78 is 63.0. The molecule has 0 saturated carbocycles. The number of nitrogens with zero attached hydrogens (tertiary/aromatic N) is 4. The average Bonchev–Trinajstić information content (AvgIpc) is 2.48. The molecule has 0 aliphatic carbocycles. The summed E-state index contributed by atoms with van der Waals surface area (Å²) in [6.07, 6.45) is 2.35. The van der Waals surface area contributed by atoms with E-state index in [1.165, 1.54) is 12.2 Å². The number of hydrogen-bond acceptors (Lipinski definition) is 2. The van der Waals surface area contributed by atoms with Gasteiger partial charge < -0.3 is 0 Å². The normalized spacial score (nSPS) is 19.2. The van der Waals surface area contributed by atoms with Gasteiger partial charge in [-0.3, -0.25) is 0 Å². The van der Waals surface area contributed by atoms with Crippen LogP contribution in [0.25, 0.3) is 0 Å². The zero-order chi connectivity index (χ0) is 12.7. The molecule has 0 amide bonds. The van der Waals surface area contributed by atoms with Gasteiger partial charge in [0, 0.05) is 6.42 Å². The monoisotopic (exact) mass is 270 g/mol. The minimum absolute atomic E-state index is 1.04. The molecule has 2 rings (SSSR count). The van der Waals surface area contributed by atoms with Crippen LogP contribution in [0, 0.1) is 0 Å². The van der Waals surface area contributed by atoms with E-state index in [0.717, 1.165) is 13.0 Å². The van der Waals surface area contributed by atoms with Crippen LogP contribution in [0.2, 0.25) is 0 Å². The molecule has 0 aromatic carbocycles. The topological polar surface area (TPSA) is 34.6 Å². The van der Waals surface area contributed by atoms with Crippen molar-refractivity contribution in [2.75, 3.05) is 0 Å². The fourth-order valence-corrected chi connectivity index (χ4v) is 1.23. The first-order chi connectivity index (χ1) is 6.83. The van der Waals surface area contributed by atoms with Crippen molar-refractivity contribution in [2.24, 2.45) is 7.05 Å². The maximum absolute atomic E-state index is 10.7. The molecule has 1 aromatic rings. The SMILES string of the molecule is C[n+]1nnn2c1CCC2.F[P-](F)(F)(F)(F)F. The maximum atomic E-state index is 9.87. The summed E-state index contributed by atoms with van der Waals surface area (Å²) in [7, 11) is -8.72. The Morgan fingerprint density at radius 3 is 2.12 bits per heavy atom. The van der Waals surface area contributed by atoms with Crippen LogP contribution in [0.4, 0.5) is 25.2 Å². The van der Waals surface area contributed by atoms with E-state index in [9.17, 15) is 25.2 Å². The summed E-state index contributed by atoms with van der Waals surface area (Å²) in [6, 6.07) is 0. The second-order valence-corrected chi connectivity index (χ2v) is 5.22. The Balaban J connectivity index is 0.000000168. The second-order valence-electron chi connectivity index (χ2n) is 3.30. The van der Waals surface area contributed by atoms with Gasteiger partial charge in [-0.05, 0) is 6.42 Å². The number of aromatic nitrogens is 4. The van der Waals surface area contributed by atoms with Crippen LogP contribution in [0.5, 0.6) is 0 Å². The van der Waals surface area contributed by atoms with Crippen LogP contribution >= 0.6 is 7.81 Å². The Hall–Kier alpha value is -0.920. The van der Waals surface area contributed by atoms with E-state index in [4.69, 9.17) is 0 Å². The van der Waals surface area contributed by atoms with E-state index in [-0.39, 0.29) is 0 Å². The number of rotatable bonds is 0. The Morgan fingerprint density at radius 1 is 1.19 bits per heavy atom. The van der Waals surface area contributed by atoms with Gasteiger partial charge in [-0.2, -0.15) is 0 Å². The summed E-state index contributed by atoms with van der Waals surface area (Å²) in [6.45, 7) is 1.04. The van der Waals surface area contributed by atoms with Crippen molar-refractivity contribution in [1.82, 2.24) is 15.1 Å². The van der Waals surface area contributed by atoms with Gasteiger partial charge in [0.25, 0.3) is 5.82 Å². The van der Waals surface area contributed by atoms with Crippen molar-refractivity contribution in [1.29, 1.82) is 0 Å². The fraction of sp³-hybridized carbons (Fsp3) is 0.800.